The van der Waals surface area contributed by atoms with Gasteiger partial charge >= 0.3 is 0 Å². The first-order valence-electron chi connectivity index (χ1n) is 7.64. The van der Waals surface area contributed by atoms with E-state index in [9.17, 15) is 4.79 Å². The predicted molar refractivity (Wildman–Crippen MR) is 80.1 cm³/mol. The van der Waals surface area contributed by atoms with E-state index in [0.29, 0.717) is 23.3 Å². The zero-order valence-corrected chi connectivity index (χ0v) is 12.8. The molecule has 3 nitrogen and oxygen atoms in total. The Kier molecular flexibility index (Phi) is 4.79. The molecular weight excluding hydrogens is 250 g/mol. The average molecular weight is 275 g/mol. The van der Waals surface area contributed by atoms with E-state index in [1.807, 2.05) is 6.07 Å². The Hall–Kier alpha value is -1.38. The number of carbonyl (C=O) groups excluding carboxylic acids is 1. The van der Waals surface area contributed by atoms with Crippen LogP contribution in [-0.2, 0) is 0 Å². The number of hydrogen-bond acceptors (Lipinski definition) is 3. The first-order valence-corrected chi connectivity index (χ1v) is 7.64. The Balaban J connectivity index is 2.02. The number of ketones is 1. The highest BCUT2D eigenvalue weighted by Gasteiger charge is 2.31. The Morgan fingerprint density at radius 3 is 2.70 bits per heavy atom. The number of carbonyl (C=O) groups is 1. The predicted octanol–water partition coefficient (Wildman–Crippen LogP) is 4.27. The Morgan fingerprint density at radius 1 is 1.35 bits per heavy atom. The normalized spacial score (nSPS) is 18.8. The van der Waals surface area contributed by atoms with Crippen LogP contribution in [-0.4, -0.2) is 17.4 Å². The third-order valence-corrected chi connectivity index (χ3v) is 4.18. The second-order valence-electron chi connectivity index (χ2n) is 6.56. The Bertz CT molecular complexity index is 458. The van der Waals surface area contributed by atoms with Crippen molar-refractivity contribution in [1.82, 2.24) is 4.98 Å². The molecule has 1 aromatic rings. The van der Waals surface area contributed by atoms with Crippen LogP contribution in [0.15, 0.2) is 18.5 Å². The second-order valence-corrected chi connectivity index (χ2v) is 6.56. The smallest absolute Gasteiger partial charge is 0.167 e. The van der Waals surface area contributed by atoms with E-state index in [0.717, 1.165) is 32.1 Å². The monoisotopic (exact) mass is 275 g/mol. The first kappa shape index (κ1) is 15.0. The Labute approximate surface area is 121 Å². The van der Waals surface area contributed by atoms with Crippen molar-refractivity contribution in [2.24, 2.45) is 11.3 Å². The molecule has 0 spiro atoms. The molecule has 0 aliphatic heterocycles. The molecule has 0 aromatic carbocycles. The lowest BCUT2D eigenvalue weighted by Gasteiger charge is -2.33. The highest BCUT2D eigenvalue weighted by atomic mass is 16.5. The summed E-state index contributed by atoms with van der Waals surface area (Å²) in [5, 5.41) is 0. The summed E-state index contributed by atoms with van der Waals surface area (Å²) in [4.78, 5) is 16.7. The molecule has 0 atom stereocenters. The molecule has 0 unspecified atom stereocenters. The van der Waals surface area contributed by atoms with Crippen LogP contribution in [0.2, 0.25) is 0 Å². The Morgan fingerprint density at radius 2 is 2.05 bits per heavy atom. The molecular formula is C17H25NO2. The molecule has 0 saturated heterocycles. The first-order chi connectivity index (χ1) is 9.52. The molecule has 1 fully saturated rings. The minimum absolute atomic E-state index is 0.159. The number of hydrogen-bond donors (Lipinski definition) is 0. The number of Topliss-reactive ketones (excluding diaryl/α,β-unsaturated/α-hetero) is 1. The summed E-state index contributed by atoms with van der Waals surface area (Å²) in [6.07, 6.45) is 8.54. The lowest BCUT2D eigenvalue weighted by molar-refractivity contribution is 0.0837. The van der Waals surface area contributed by atoms with E-state index in [1.165, 1.54) is 0 Å². The van der Waals surface area contributed by atoms with Gasteiger partial charge in [-0.15, -0.1) is 0 Å². The molecule has 110 valence electrons. The number of aromatic nitrogens is 1. The summed E-state index contributed by atoms with van der Waals surface area (Å²) in [5.41, 5.74) is 1.09. The molecule has 1 aliphatic carbocycles. The number of rotatable bonds is 5. The molecule has 0 amide bonds. The van der Waals surface area contributed by atoms with Crippen LogP contribution in [0.5, 0.6) is 5.75 Å². The van der Waals surface area contributed by atoms with Gasteiger partial charge in [0.15, 0.2) is 5.78 Å². The van der Waals surface area contributed by atoms with E-state index in [1.54, 1.807) is 12.4 Å². The average Bonchev–Trinajstić information content (AvgIpc) is 2.45. The maximum atomic E-state index is 12.5. The molecule has 0 bridgehead atoms. The summed E-state index contributed by atoms with van der Waals surface area (Å²) in [6, 6.07) is 1.84. The van der Waals surface area contributed by atoms with Gasteiger partial charge in [0.25, 0.3) is 0 Å². The lowest BCUT2D eigenvalue weighted by atomic mass is 9.71. The van der Waals surface area contributed by atoms with E-state index in [4.69, 9.17) is 4.74 Å². The van der Waals surface area contributed by atoms with Gasteiger partial charge in [0, 0.05) is 17.7 Å². The van der Waals surface area contributed by atoms with Gasteiger partial charge in [-0.05, 0) is 43.6 Å². The van der Waals surface area contributed by atoms with Crippen molar-refractivity contribution in [3.8, 4) is 5.75 Å². The quantitative estimate of drug-likeness (QED) is 0.753. The zero-order chi connectivity index (χ0) is 14.6. The molecule has 0 N–H and O–H groups in total. The number of ether oxygens (including phenoxy) is 1. The van der Waals surface area contributed by atoms with Crippen LogP contribution in [0.3, 0.4) is 0 Å². The third kappa shape index (κ3) is 3.81. The summed E-state index contributed by atoms with van der Waals surface area (Å²) >= 11 is 0. The van der Waals surface area contributed by atoms with Crippen molar-refractivity contribution in [3.05, 3.63) is 24.0 Å². The summed E-state index contributed by atoms with van der Waals surface area (Å²) < 4.78 is 5.55. The van der Waals surface area contributed by atoms with Crippen LogP contribution >= 0.6 is 0 Å². The minimum atomic E-state index is 0.159. The minimum Gasteiger partial charge on any atom is -0.492 e. The van der Waals surface area contributed by atoms with Crippen molar-refractivity contribution < 1.29 is 9.53 Å². The molecule has 1 saturated carbocycles. The summed E-state index contributed by atoms with van der Waals surface area (Å²) in [5.74, 6) is 1.09. The van der Waals surface area contributed by atoms with Crippen LogP contribution in [0.4, 0.5) is 0 Å². The topological polar surface area (TPSA) is 39.2 Å². The van der Waals surface area contributed by atoms with E-state index in [-0.39, 0.29) is 11.7 Å². The van der Waals surface area contributed by atoms with Crippen LogP contribution < -0.4 is 4.74 Å². The van der Waals surface area contributed by atoms with Gasteiger partial charge in [-0.25, -0.2) is 0 Å². The van der Waals surface area contributed by atoms with Gasteiger partial charge in [0.05, 0.1) is 12.8 Å². The van der Waals surface area contributed by atoms with Gasteiger partial charge in [-0.3, -0.25) is 9.78 Å². The molecule has 1 aliphatic rings. The fraction of sp³-hybridized carbons (Fsp3) is 0.647. The fourth-order valence-electron chi connectivity index (χ4n) is 2.75. The number of nitrogens with zero attached hydrogens (tertiary/aromatic N) is 1. The van der Waals surface area contributed by atoms with Crippen LogP contribution in [0.25, 0.3) is 0 Å². The van der Waals surface area contributed by atoms with Gasteiger partial charge in [-0.1, -0.05) is 20.8 Å². The van der Waals surface area contributed by atoms with Crippen LogP contribution in [0.1, 0.15) is 63.2 Å². The summed E-state index contributed by atoms with van der Waals surface area (Å²) in [6.45, 7) is 7.30. The highest BCUT2D eigenvalue weighted by molar-refractivity contribution is 5.97. The van der Waals surface area contributed by atoms with Gasteiger partial charge < -0.3 is 4.74 Å². The second kappa shape index (κ2) is 6.38. The molecule has 3 heteroatoms. The van der Waals surface area contributed by atoms with E-state index >= 15 is 0 Å². The van der Waals surface area contributed by atoms with Crippen LogP contribution in [0, 0.1) is 11.3 Å². The molecule has 1 aromatic heterocycles. The van der Waals surface area contributed by atoms with Crippen molar-refractivity contribution in [2.45, 2.75) is 52.9 Å². The maximum absolute atomic E-state index is 12.5. The lowest BCUT2D eigenvalue weighted by Crippen LogP contribution is -2.26. The highest BCUT2D eigenvalue weighted by Crippen LogP contribution is 2.39. The molecule has 0 radical (unpaired) electrons. The van der Waals surface area contributed by atoms with E-state index in [2.05, 4.69) is 25.8 Å². The van der Waals surface area contributed by atoms with Crippen molar-refractivity contribution in [2.75, 3.05) is 6.61 Å². The maximum Gasteiger partial charge on any atom is 0.167 e. The standard InChI is InChI=1S/C17H25NO2/c1-4-9-20-15-10-14(11-18-12-15)16(19)13-5-7-17(2,3)8-6-13/h10-13H,4-9H2,1-3H3. The van der Waals surface area contributed by atoms with Crippen molar-refractivity contribution >= 4 is 5.78 Å². The van der Waals surface area contributed by atoms with Gasteiger partial charge in [0.2, 0.25) is 0 Å². The van der Waals surface area contributed by atoms with Gasteiger partial charge in [-0.2, -0.15) is 0 Å². The third-order valence-electron chi connectivity index (χ3n) is 4.18. The van der Waals surface area contributed by atoms with Crippen molar-refractivity contribution in [3.63, 3.8) is 0 Å². The molecule has 1 heterocycles. The molecule has 20 heavy (non-hydrogen) atoms. The largest absolute Gasteiger partial charge is 0.492 e. The van der Waals surface area contributed by atoms with Crippen molar-refractivity contribution in [1.29, 1.82) is 0 Å². The fourth-order valence-corrected chi connectivity index (χ4v) is 2.75. The van der Waals surface area contributed by atoms with Gasteiger partial charge in [0.1, 0.15) is 5.75 Å². The van der Waals surface area contributed by atoms with E-state index < -0.39 is 0 Å². The summed E-state index contributed by atoms with van der Waals surface area (Å²) in [7, 11) is 0. The SMILES string of the molecule is CCCOc1cncc(C(=O)C2CCC(C)(C)CC2)c1. The zero-order valence-electron chi connectivity index (χ0n) is 12.8. The number of pyridine rings is 1. The molecule has 2 rings (SSSR count).